The van der Waals surface area contributed by atoms with Crippen LogP contribution in [0, 0.1) is 13.8 Å². The molecule has 3 aromatic rings. The number of nitrogens with zero attached hydrogens (tertiary/aromatic N) is 2. The van der Waals surface area contributed by atoms with Gasteiger partial charge in [-0.15, -0.1) is 0 Å². The van der Waals surface area contributed by atoms with E-state index >= 15 is 0 Å². The van der Waals surface area contributed by atoms with Crippen LogP contribution in [-0.2, 0) is 16.1 Å². The fraction of sp³-hybridized carbons (Fsp3) is 0.385. The van der Waals surface area contributed by atoms with Gasteiger partial charge in [-0.1, -0.05) is 12.1 Å². The minimum Gasteiger partial charge on any atom is -0.463 e. The molecule has 1 aliphatic rings. The molecule has 33 heavy (non-hydrogen) atoms. The summed E-state index contributed by atoms with van der Waals surface area (Å²) >= 11 is 0. The number of nitrogens with one attached hydrogen (secondary N) is 1. The summed E-state index contributed by atoms with van der Waals surface area (Å²) in [5.74, 6) is 0.256. The van der Waals surface area contributed by atoms with E-state index in [9.17, 15) is 9.59 Å². The second-order valence-electron chi connectivity index (χ2n) is 8.68. The van der Waals surface area contributed by atoms with Crippen molar-refractivity contribution in [1.29, 1.82) is 0 Å². The van der Waals surface area contributed by atoms with Gasteiger partial charge in [0.15, 0.2) is 0 Å². The molecule has 0 aliphatic carbocycles. The third kappa shape index (κ3) is 4.20. The van der Waals surface area contributed by atoms with Gasteiger partial charge >= 0.3 is 0 Å². The van der Waals surface area contributed by atoms with Crippen molar-refractivity contribution in [1.82, 2.24) is 9.88 Å². The molecule has 1 atom stereocenters. The lowest BCUT2D eigenvalue weighted by Crippen LogP contribution is -2.64. The zero-order valence-corrected chi connectivity index (χ0v) is 19.7. The summed E-state index contributed by atoms with van der Waals surface area (Å²) in [5, 5.41) is 3.03. The smallest absolute Gasteiger partial charge is 0.275 e. The number of amides is 2. The molecule has 2 amide bonds. The van der Waals surface area contributed by atoms with Gasteiger partial charge in [-0.25, -0.2) is 0 Å². The maximum atomic E-state index is 13.9. The molecule has 1 aromatic carbocycles. The van der Waals surface area contributed by atoms with Crippen molar-refractivity contribution in [3.8, 4) is 11.5 Å². The summed E-state index contributed by atoms with van der Waals surface area (Å²) in [6.07, 6.45) is 2.31. The van der Waals surface area contributed by atoms with E-state index in [2.05, 4.69) is 5.32 Å². The summed E-state index contributed by atoms with van der Waals surface area (Å²) in [5.41, 5.74) is 2.90. The first-order valence-corrected chi connectivity index (χ1v) is 11.4. The standard InChI is InChI=1S/C26H31N3O4/c1-5-32-14-7-13-27-25(31)26(4)17-28-20(23-8-6-15-33-23)11-12-21(28)24(30)29(26)22-16-18(2)9-10-19(22)3/h6,8-12,15-16H,5,7,13-14,17H2,1-4H3,(H,27,31). The fourth-order valence-corrected chi connectivity index (χ4v) is 4.40. The zero-order chi connectivity index (χ0) is 23.6. The Hall–Kier alpha value is -3.32. The van der Waals surface area contributed by atoms with E-state index in [4.69, 9.17) is 9.15 Å². The highest BCUT2D eigenvalue weighted by atomic mass is 16.5. The Morgan fingerprint density at radius 3 is 2.70 bits per heavy atom. The van der Waals surface area contributed by atoms with Crippen LogP contribution in [0.15, 0.2) is 53.1 Å². The van der Waals surface area contributed by atoms with Crippen LogP contribution in [0.4, 0.5) is 5.69 Å². The molecule has 0 fully saturated rings. The number of rotatable bonds is 8. The molecule has 2 aromatic heterocycles. The van der Waals surface area contributed by atoms with Crippen LogP contribution in [0.3, 0.4) is 0 Å². The van der Waals surface area contributed by atoms with E-state index in [0.717, 1.165) is 22.5 Å². The van der Waals surface area contributed by atoms with Gasteiger partial charge < -0.3 is 19.0 Å². The number of aryl methyl sites for hydroxylation is 2. The van der Waals surface area contributed by atoms with Gasteiger partial charge in [0.05, 0.1) is 18.5 Å². The van der Waals surface area contributed by atoms with Gasteiger partial charge in [0.1, 0.15) is 17.0 Å². The lowest BCUT2D eigenvalue weighted by atomic mass is 9.92. The van der Waals surface area contributed by atoms with Crippen molar-refractivity contribution in [2.75, 3.05) is 24.7 Å². The number of carbonyl (C=O) groups excluding carboxylic acids is 2. The van der Waals surface area contributed by atoms with Crippen LogP contribution in [0.1, 0.15) is 41.9 Å². The molecule has 1 unspecified atom stereocenters. The molecule has 0 radical (unpaired) electrons. The number of anilines is 1. The number of benzene rings is 1. The summed E-state index contributed by atoms with van der Waals surface area (Å²) in [4.78, 5) is 29.2. The van der Waals surface area contributed by atoms with Crippen molar-refractivity contribution in [2.24, 2.45) is 0 Å². The Morgan fingerprint density at radius 2 is 1.97 bits per heavy atom. The van der Waals surface area contributed by atoms with Crippen molar-refractivity contribution < 1.29 is 18.7 Å². The van der Waals surface area contributed by atoms with E-state index in [0.29, 0.717) is 44.2 Å². The van der Waals surface area contributed by atoms with E-state index in [1.165, 1.54) is 0 Å². The zero-order valence-electron chi connectivity index (χ0n) is 19.7. The Balaban J connectivity index is 1.76. The number of hydrogen-bond donors (Lipinski definition) is 1. The average Bonchev–Trinajstić information content (AvgIpc) is 3.45. The quantitative estimate of drug-likeness (QED) is 0.520. The number of furan rings is 1. The first kappa shape index (κ1) is 22.9. The lowest BCUT2D eigenvalue weighted by molar-refractivity contribution is -0.126. The van der Waals surface area contributed by atoms with E-state index < -0.39 is 5.54 Å². The Labute approximate surface area is 194 Å². The first-order valence-electron chi connectivity index (χ1n) is 11.4. The first-order chi connectivity index (χ1) is 15.9. The average molecular weight is 450 g/mol. The third-order valence-corrected chi connectivity index (χ3v) is 6.19. The summed E-state index contributed by atoms with van der Waals surface area (Å²) in [7, 11) is 0. The Kier molecular flexibility index (Phi) is 6.42. The number of ether oxygens (including phenoxy) is 1. The molecule has 0 saturated heterocycles. The second kappa shape index (κ2) is 9.27. The largest absolute Gasteiger partial charge is 0.463 e. The van der Waals surface area contributed by atoms with Crippen molar-refractivity contribution in [2.45, 2.75) is 46.2 Å². The maximum absolute atomic E-state index is 13.9. The highest BCUT2D eigenvalue weighted by molar-refractivity contribution is 6.12. The van der Waals surface area contributed by atoms with E-state index in [1.54, 1.807) is 17.2 Å². The summed E-state index contributed by atoms with van der Waals surface area (Å²) < 4.78 is 12.9. The SMILES string of the molecule is CCOCCCNC(=O)C1(C)Cn2c(ccc2-c2ccco2)C(=O)N1c1cc(C)ccc1C. The summed E-state index contributed by atoms with van der Waals surface area (Å²) in [6, 6.07) is 13.3. The number of aromatic nitrogens is 1. The van der Waals surface area contributed by atoms with Crippen LogP contribution in [0.2, 0.25) is 0 Å². The molecule has 0 saturated carbocycles. The fourth-order valence-electron chi connectivity index (χ4n) is 4.40. The van der Waals surface area contributed by atoms with Crippen molar-refractivity contribution in [3.05, 3.63) is 65.5 Å². The minimum absolute atomic E-state index is 0.196. The third-order valence-electron chi connectivity index (χ3n) is 6.19. The molecule has 1 N–H and O–H groups in total. The molecule has 7 nitrogen and oxygen atoms in total. The van der Waals surface area contributed by atoms with Gasteiger partial charge in [-0.2, -0.15) is 0 Å². The second-order valence-corrected chi connectivity index (χ2v) is 8.68. The predicted octanol–water partition coefficient (Wildman–Crippen LogP) is 4.33. The molecule has 3 heterocycles. The maximum Gasteiger partial charge on any atom is 0.275 e. The number of hydrogen-bond acceptors (Lipinski definition) is 4. The number of fused-ring (bicyclic) bond motifs is 1. The lowest BCUT2D eigenvalue weighted by Gasteiger charge is -2.44. The number of carbonyl (C=O) groups is 2. The topological polar surface area (TPSA) is 76.7 Å². The van der Waals surface area contributed by atoms with Crippen LogP contribution in [0.5, 0.6) is 0 Å². The Bertz CT molecular complexity index is 1150. The van der Waals surface area contributed by atoms with Crippen molar-refractivity contribution >= 4 is 17.5 Å². The van der Waals surface area contributed by atoms with Gasteiger partial charge in [0.25, 0.3) is 5.91 Å². The Morgan fingerprint density at radius 1 is 1.18 bits per heavy atom. The highest BCUT2D eigenvalue weighted by Crippen LogP contribution is 2.38. The molecule has 1 aliphatic heterocycles. The normalized spacial score (nSPS) is 17.8. The van der Waals surface area contributed by atoms with Gasteiger partial charge in [0, 0.05) is 25.4 Å². The van der Waals surface area contributed by atoms with Gasteiger partial charge in [-0.05, 0) is 75.6 Å². The van der Waals surface area contributed by atoms with Crippen LogP contribution in [-0.4, -0.2) is 41.7 Å². The monoisotopic (exact) mass is 449 g/mol. The van der Waals surface area contributed by atoms with E-state index in [-0.39, 0.29) is 11.8 Å². The van der Waals surface area contributed by atoms with Gasteiger partial charge in [0.2, 0.25) is 5.91 Å². The van der Waals surface area contributed by atoms with Crippen molar-refractivity contribution in [3.63, 3.8) is 0 Å². The molecule has 0 bridgehead atoms. The minimum atomic E-state index is -1.13. The summed E-state index contributed by atoms with van der Waals surface area (Å²) in [6.45, 7) is 9.74. The molecule has 0 spiro atoms. The molecular formula is C26H31N3O4. The van der Waals surface area contributed by atoms with E-state index in [1.807, 2.05) is 68.7 Å². The van der Waals surface area contributed by atoms with Gasteiger partial charge in [-0.3, -0.25) is 14.5 Å². The van der Waals surface area contributed by atoms with Crippen LogP contribution in [0.25, 0.3) is 11.5 Å². The van der Waals surface area contributed by atoms with Crippen LogP contribution >= 0.6 is 0 Å². The molecular weight excluding hydrogens is 418 g/mol. The molecule has 7 heteroatoms. The predicted molar refractivity (Wildman–Crippen MR) is 127 cm³/mol. The molecule has 174 valence electrons. The van der Waals surface area contributed by atoms with Crippen LogP contribution < -0.4 is 10.2 Å². The highest BCUT2D eigenvalue weighted by Gasteiger charge is 2.49. The molecule has 4 rings (SSSR count).